The minimum absolute atomic E-state index is 0.150. The van der Waals surface area contributed by atoms with Crippen LogP contribution in [-0.2, 0) is 11.2 Å². The molecule has 1 aromatic rings. The summed E-state index contributed by atoms with van der Waals surface area (Å²) in [5.41, 5.74) is 1.55. The van der Waals surface area contributed by atoms with Gasteiger partial charge in [0.1, 0.15) is 0 Å². The molecule has 0 spiro atoms. The first-order valence-corrected chi connectivity index (χ1v) is 7.72. The fraction of sp³-hybridized carbons (Fsp3) is 0.600. The molecule has 1 aliphatic carbocycles. The molecular formula is C15H22INO. The zero-order valence-electron chi connectivity index (χ0n) is 11.2. The molecule has 0 amide bonds. The molecule has 0 radical (unpaired) electrons. The Hall–Kier alpha value is -0.130. The Morgan fingerprint density at radius 1 is 1.33 bits per heavy atom. The van der Waals surface area contributed by atoms with E-state index in [1.165, 1.54) is 28.4 Å². The Morgan fingerprint density at radius 2 is 2.00 bits per heavy atom. The van der Waals surface area contributed by atoms with Crippen molar-refractivity contribution in [1.82, 2.24) is 5.32 Å². The van der Waals surface area contributed by atoms with Crippen molar-refractivity contribution in [2.45, 2.75) is 43.7 Å². The van der Waals surface area contributed by atoms with Crippen molar-refractivity contribution in [3.8, 4) is 0 Å². The van der Waals surface area contributed by atoms with Gasteiger partial charge in [-0.25, -0.2) is 0 Å². The van der Waals surface area contributed by atoms with Gasteiger partial charge in [0.05, 0.1) is 5.60 Å². The average Bonchev–Trinajstić information content (AvgIpc) is 2.35. The summed E-state index contributed by atoms with van der Waals surface area (Å²) in [7, 11) is 3.91. The molecule has 1 unspecified atom stereocenters. The smallest absolute Gasteiger partial charge is 0.0693 e. The first kappa shape index (κ1) is 14.3. The van der Waals surface area contributed by atoms with Crippen molar-refractivity contribution in [2.75, 3.05) is 14.2 Å². The Labute approximate surface area is 124 Å². The van der Waals surface area contributed by atoms with E-state index in [1.54, 1.807) is 0 Å². The van der Waals surface area contributed by atoms with E-state index in [0.717, 1.165) is 12.8 Å². The second-order valence-electron chi connectivity index (χ2n) is 5.26. The number of halogens is 1. The van der Waals surface area contributed by atoms with Crippen molar-refractivity contribution in [3.05, 3.63) is 33.4 Å². The monoisotopic (exact) mass is 359 g/mol. The fourth-order valence-electron chi connectivity index (χ4n) is 2.69. The highest BCUT2D eigenvalue weighted by Gasteiger charge is 2.38. The summed E-state index contributed by atoms with van der Waals surface area (Å²) < 4.78 is 7.02. The molecule has 1 aliphatic rings. The predicted molar refractivity (Wildman–Crippen MR) is 83.9 cm³/mol. The van der Waals surface area contributed by atoms with Gasteiger partial charge in [0, 0.05) is 16.7 Å². The van der Waals surface area contributed by atoms with Gasteiger partial charge >= 0.3 is 0 Å². The quantitative estimate of drug-likeness (QED) is 0.787. The molecule has 3 heteroatoms. The number of methoxy groups -OCH3 is 1. The largest absolute Gasteiger partial charge is 0.378 e. The van der Waals surface area contributed by atoms with Gasteiger partial charge in [-0.15, -0.1) is 0 Å². The molecular weight excluding hydrogens is 337 g/mol. The maximum Gasteiger partial charge on any atom is 0.0693 e. The zero-order chi connectivity index (χ0) is 13.0. The van der Waals surface area contributed by atoms with E-state index in [1.807, 2.05) is 7.11 Å². The van der Waals surface area contributed by atoms with E-state index in [9.17, 15) is 0 Å². The highest BCUT2D eigenvalue weighted by molar-refractivity contribution is 14.1. The average molecular weight is 359 g/mol. The first-order chi connectivity index (χ1) is 8.67. The Kier molecular flexibility index (Phi) is 5.04. The van der Waals surface area contributed by atoms with E-state index in [-0.39, 0.29) is 5.60 Å². The van der Waals surface area contributed by atoms with Gasteiger partial charge in [0.2, 0.25) is 0 Å². The Bertz CT molecular complexity index is 367. The summed E-state index contributed by atoms with van der Waals surface area (Å²) >= 11 is 2.35. The van der Waals surface area contributed by atoms with Crippen molar-refractivity contribution < 1.29 is 4.74 Å². The van der Waals surface area contributed by atoms with Crippen LogP contribution in [0.15, 0.2) is 24.3 Å². The highest BCUT2D eigenvalue weighted by atomic mass is 127. The van der Waals surface area contributed by atoms with Crippen molar-refractivity contribution in [1.29, 1.82) is 0 Å². The Morgan fingerprint density at radius 3 is 2.44 bits per heavy atom. The number of nitrogens with one attached hydrogen (secondary N) is 1. The third-order valence-electron chi connectivity index (χ3n) is 4.12. The summed E-state index contributed by atoms with van der Waals surface area (Å²) in [6.45, 7) is 0. The van der Waals surface area contributed by atoms with E-state index in [2.05, 4.69) is 59.2 Å². The molecule has 0 aliphatic heterocycles. The molecule has 0 bridgehead atoms. The maximum atomic E-state index is 5.72. The third-order valence-corrected chi connectivity index (χ3v) is 4.84. The van der Waals surface area contributed by atoms with Crippen molar-refractivity contribution >= 4 is 22.6 Å². The number of benzene rings is 1. The predicted octanol–water partition coefficient (Wildman–Crippen LogP) is 3.38. The maximum absolute atomic E-state index is 5.72. The number of likely N-dealkylation sites (N-methyl/N-ethyl adjacent to an activating group) is 1. The molecule has 1 atom stereocenters. The number of hydrogen-bond donors (Lipinski definition) is 1. The van der Waals surface area contributed by atoms with Crippen LogP contribution in [0.2, 0.25) is 0 Å². The van der Waals surface area contributed by atoms with Gasteiger partial charge in [-0.2, -0.15) is 0 Å². The van der Waals surface area contributed by atoms with Crippen LogP contribution in [0.4, 0.5) is 0 Å². The standard InChI is InChI=1S/C15H22INO/c1-17-14(11-15(18-2)8-3-9-15)10-12-4-6-13(16)7-5-12/h4-7,14,17H,3,8-11H2,1-2H3. The second kappa shape index (κ2) is 6.35. The highest BCUT2D eigenvalue weighted by Crippen LogP contribution is 2.39. The van der Waals surface area contributed by atoms with Crippen LogP contribution < -0.4 is 5.32 Å². The summed E-state index contributed by atoms with van der Waals surface area (Å²) in [6, 6.07) is 9.32. The van der Waals surface area contributed by atoms with Crippen molar-refractivity contribution in [2.24, 2.45) is 0 Å². The van der Waals surface area contributed by atoms with Crippen LogP contribution in [0.1, 0.15) is 31.2 Å². The van der Waals surface area contributed by atoms with Crippen LogP contribution in [0.5, 0.6) is 0 Å². The van der Waals surface area contributed by atoms with E-state index >= 15 is 0 Å². The summed E-state index contributed by atoms with van der Waals surface area (Å²) in [4.78, 5) is 0. The zero-order valence-corrected chi connectivity index (χ0v) is 13.4. The third kappa shape index (κ3) is 3.45. The molecule has 1 N–H and O–H groups in total. The van der Waals surface area contributed by atoms with E-state index in [4.69, 9.17) is 4.74 Å². The molecule has 1 saturated carbocycles. The lowest BCUT2D eigenvalue weighted by Gasteiger charge is -2.42. The molecule has 0 saturated heterocycles. The minimum Gasteiger partial charge on any atom is -0.378 e. The molecule has 0 aromatic heterocycles. The van der Waals surface area contributed by atoms with Gasteiger partial charge in [-0.3, -0.25) is 0 Å². The molecule has 1 aromatic carbocycles. The van der Waals surface area contributed by atoms with Crippen LogP contribution in [0, 0.1) is 3.57 Å². The SMILES string of the molecule is CNC(Cc1ccc(I)cc1)CC1(OC)CCC1. The summed E-state index contributed by atoms with van der Waals surface area (Å²) in [5, 5.41) is 3.44. The molecule has 1 fully saturated rings. The minimum atomic E-state index is 0.150. The van der Waals surface area contributed by atoms with Gasteiger partial charge in [0.25, 0.3) is 0 Å². The lowest BCUT2D eigenvalue weighted by Crippen LogP contribution is -2.45. The molecule has 2 rings (SSSR count). The van der Waals surface area contributed by atoms with Crippen LogP contribution in [0.3, 0.4) is 0 Å². The topological polar surface area (TPSA) is 21.3 Å². The van der Waals surface area contributed by atoms with Crippen molar-refractivity contribution in [3.63, 3.8) is 0 Å². The number of hydrogen-bond acceptors (Lipinski definition) is 2. The van der Waals surface area contributed by atoms with Gasteiger partial charge in [0.15, 0.2) is 0 Å². The van der Waals surface area contributed by atoms with E-state index in [0.29, 0.717) is 6.04 Å². The summed E-state index contributed by atoms with van der Waals surface area (Å²) in [6.07, 6.45) is 5.95. The van der Waals surface area contributed by atoms with E-state index < -0.39 is 0 Å². The second-order valence-corrected chi connectivity index (χ2v) is 6.51. The van der Waals surface area contributed by atoms with Gasteiger partial charge < -0.3 is 10.1 Å². The van der Waals surface area contributed by atoms with Gasteiger partial charge in [-0.1, -0.05) is 12.1 Å². The first-order valence-electron chi connectivity index (χ1n) is 6.64. The number of rotatable bonds is 6. The summed E-state index contributed by atoms with van der Waals surface area (Å²) in [5.74, 6) is 0. The molecule has 18 heavy (non-hydrogen) atoms. The lowest BCUT2D eigenvalue weighted by molar-refractivity contribution is -0.0830. The molecule has 0 heterocycles. The van der Waals surface area contributed by atoms with Gasteiger partial charge in [-0.05, 0) is 79.4 Å². The number of ether oxygens (including phenoxy) is 1. The van der Waals surface area contributed by atoms with Crippen LogP contribution >= 0.6 is 22.6 Å². The van der Waals surface area contributed by atoms with Crippen LogP contribution in [0.25, 0.3) is 0 Å². The van der Waals surface area contributed by atoms with Crippen LogP contribution in [-0.4, -0.2) is 25.8 Å². The molecule has 100 valence electrons. The normalized spacial score (nSPS) is 19.3. The molecule has 2 nitrogen and oxygen atoms in total. The Balaban J connectivity index is 1.94. The lowest BCUT2D eigenvalue weighted by atomic mass is 9.75. The fourth-order valence-corrected chi connectivity index (χ4v) is 3.05.